The Labute approximate surface area is 176 Å². The number of amides is 1. The minimum atomic E-state index is -0.0904. The quantitative estimate of drug-likeness (QED) is 0.611. The van der Waals surface area contributed by atoms with Crippen molar-refractivity contribution >= 4 is 11.7 Å². The van der Waals surface area contributed by atoms with Gasteiger partial charge in [0, 0.05) is 17.9 Å². The van der Waals surface area contributed by atoms with Gasteiger partial charge in [0.2, 0.25) is 5.91 Å². The summed E-state index contributed by atoms with van der Waals surface area (Å²) in [5, 5.41) is 7.58. The number of ether oxygens (including phenoxy) is 2. The summed E-state index contributed by atoms with van der Waals surface area (Å²) in [5.74, 6) is 2.06. The van der Waals surface area contributed by atoms with Crippen molar-refractivity contribution in [1.82, 2.24) is 9.78 Å². The molecule has 2 aromatic carbocycles. The van der Waals surface area contributed by atoms with Crippen LogP contribution in [0.15, 0.2) is 48.7 Å². The minimum Gasteiger partial charge on any atom is -0.490 e. The Morgan fingerprint density at radius 2 is 1.90 bits per heavy atom. The van der Waals surface area contributed by atoms with Gasteiger partial charge in [-0.25, -0.2) is 4.68 Å². The Bertz CT molecular complexity index is 1040. The van der Waals surface area contributed by atoms with Crippen molar-refractivity contribution < 1.29 is 14.3 Å². The SMILES string of the molecule is CCCOc1ccc(C2CC(=O)Nc3c2cnn3-c2ccc(C)cc2)cc1OCC. The standard InChI is InChI=1S/C24H27N3O3/c1-4-12-30-21-11-8-17(13-22(21)29-5-2)19-14-23(28)26-24-20(19)15-25-27(24)18-9-6-16(3)7-10-18/h6-11,13,15,19H,4-5,12,14H2,1-3H3,(H,26,28). The van der Waals surface area contributed by atoms with Gasteiger partial charge in [0.15, 0.2) is 11.5 Å². The van der Waals surface area contributed by atoms with Crippen LogP contribution >= 0.6 is 0 Å². The van der Waals surface area contributed by atoms with Gasteiger partial charge in [0.1, 0.15) is 5.82 Å². The Kier molecular flexibility index (Phi) is 5.74. The van der Waals surface area contributed by atoms with Crippen LogP contribution in [0.3, 0.4) is 0 Å². The van der Waals surface area contributed by atoms with Gasteiger partial charge in [0.25, 0.3) is 0 Å². The number of benzene rings is 2. The van der Waals surface area contributed by atoms with Crippen molar-refractivity contribution in [3.05, 3.63) is 65.4 Å². The molecule has 1 unspecified atom stereocenters. The maximum absolute atomic E-state index is 12.6. The fourth-order valence-electron chi connectivity index (χ4n) is 3.74. The first-order valence-electron chi connectivity index (χ1n) is 10.4. The average molecular weight is 405 g/mol. The maximum atomic E-state index is 12.6. The number of nitrogens with zero attached hydrogens (tertiary/aromatic N) is 2. The zero-order chi connectivity index (χ0) is 21.1. The van der Waals surface area contributed by atoms with Gasteiger partial charge in [-0.3, -0.25) is 4.79 Å². The predicted molar refractivity (Wildman–Crippen MR) is 117 cm³/mol. The van der Waals surface area contributed by atoms with Crippen molar-refractivity contribution in [1.29, 1.82) is 0 Å². The number of rotatable bonds is 7. The summed E-state index contributed by atoms with van der Waals surface area (Å²) in [4.78, 5) is 12.6. The van der Waals surface area contributed by atoms with Gasteiger partial charge in [-0.1, -0.05) is 30.7 Å². The second-order valence-corrected chi connectivity index (χ2v) is 7.49. The first-order valence-corrected chi connectivity index (χ1v) is 10.4. The molecule has 4 rings (SSSR count). The number of hydrogen-bond donors (Lipinski definition) is 1. The Morgan fingerprint density at radius 3 is 2.63 bits per heavy atom. The van der Waals surface area contributed by atoms with E-state index in [1.54, 1.807) is 4.68 Å². The topological polar surface area (TPSA) is 65.4 Å². The molecule has 1 atom stereocenters. The molecule has 6 nitrogen and oxygen atoms in total. The molecule has 1 aliphatic rings. The second kappa shape index (κ2) is 8.61. The van der Waals surface area contributed by atoms with E-state index in [1.165, 1.54) is 5.56 Å². The normalized spacial score (nSPS) is 15.4. The zero-order valence-corrected chi connectivity index (χ0v) is 17.6. The molecular formula is C24H27N3O3. The molecule has 6 heteroatoms. The molecular weight excluding hydrogens is 378 g/mol. The number of carbonyl (C=O) groups excluding carboxylic acids is 1. The van der Waals surface area contributed by atoms with Crippen LogP contribution in [0.2, 0.25) is 0 Å². The molecule has 1 aliphatic heterocycles. The number of hydrogen-bond acceptors (Lipinski definition) is 4. The van der Waals surface area contributed by atoms with Crippen molar-refractivity contribution in [3.8, 4) is 17.2 Å². The third kappa shape index (κ3) is 3.90. The highest BCUT2D eigenvalue weighted by Crippen LogP contribution is 2.40. The Balaban J connectivity index is 1.72. The van der Waals surface area contributed by atoms with Gasteiger partial charge in [-0.05, 0) is 50.1 Å². The van der Waals surface area contributed by atoms with E-state index in [4.69, 9.17) is 9.47 Å². The van der Waals surface area contributed by atoms with E-state index in [-0.39, 0.29) is 11.8 Å². The molecule has 30 heavy (non-hydrogen) atoms. The average Bonchev–Trinajstić information content (AvgIpc) is 3.16. The van der Waals surface area contributed by atoms with E-state index >= 15 is 0 Å². The lowest BCUT2D eigenvalue weighted by Crippen LogP contribution is -2.24. The van der Waals surface area contributed by atoms with Crippen LogP contribution in [-0.2, 0) is 4.79 Å². The molecule has 0 radical (unpaired) electrons. The summed E-state index contributed by atoms with van der Waals surface area (Å²) in [7, 11) is 0. The monoisotopic (exact) mass is 405 g/mol. The minimum absolute atomic E-state index is 0.0226. The van der Waals surface area contributed by atoms with Gasteiger partial charge in [0.05, 0.1) is 25.1 Å². The molecule has 1 aromatic heterocycles. The van der Waals surface area contributed by atoms with Crippen LogP contribution in [-0.4, -0.2) is 28.9 Å². The van der Waals surface area contributed by atoms with E-state index in [9.17, 15) is 4.79 Å². The fraction of sp³-hybridized carbons (Fsp3) is 0.333. The van der Waals surface area contributed by atoms with Crippen molar-refractivity contribution in [3.63, 3.8) is 0 Å². The van der Waals surface area contributed by atoms with E-state index in [0.717, 1.165) is 34.8 Å². The lowest BCUT2D eigenvalue weighted by atomic mass is 9.87. The summed E-state index contributed by atoms with van der Waals surface area (Å²) < 4.78 is 13.4. The van der Waals surface area contributed by atoms with E-state index < -0.39 is 0 Å². The zero-order valence-electron chi connectivity index (χ0n) is 17.6. The van der Waals surface area contributed by atoms with Gasteiger partial charge in [-0.2, -0.15) is 5.10 Å². The van der Waals surface area contributed by atoms with Crippen LogP contribution in [0.25, 0.3) is 5.69 Å². The third-order valence-electron chi connectivity index (χ3n) is 5.23. The molecule has 0 spiro atoms. The van der Waals surface area contributed by atoms with Crippen molar-refractivity contribution in [2.24, 2.45) is 0 Å². The highest BCUT2D eigenvalue weighted by molar-refractivity contribution is 5.94. The molecule has 156 valence electrons. The van der Waals surface area contributed by atoms with Crippen LogP contribution in [0.1, 0.15) is 49.3 Å². The number of anilines is 1. The number of fused-ring (bicyclic) bond motifs is 1. The smallest absolute Gasteiger partial charge is 0.226 e. The lowest BCUT2D eigenvalue weighted by molar-refractivity contribution is -0.116. The molecule has 0 saturated heterocycles. The molecule has 0 aliphatic carbocycles. The van der Waals surface area contributed by atoms with Gasteiger partial charge < -0.3 is 14.8 Å². The summed E-state index contributed by atoms with van der Waals surface area (Å²) in [6, 6.07) is 14.0. The van der Waals surface area contributed by atoms with Crippen LogP contribution < -0.4 is 14.8 Å². The molecule has 0 bridgehead atoms. The number of nitrogens with one attached hydrogen (secondary N) is 1. The predicted octanol–water partition coefficient (Wildman–Crippen LogP) is 4.84. The van der Waals surface area contributed by atoms with E-state index in [1.807, 2.05) is 62.5 Å². The highest BCUT2D eigenvalue weighted by atomic mass is 16.5. The maximum Gasteiger partial charge on any atom is 0.226 e. The molecule has 0 saturated carbocycles. The van der Waals surface area contributed by atoms with Crippen molar-refractivity contribution in [2.75, 3.05) is 18.5 Å². The third-order valence-corrected chi connectivity index (χ3v) is 5.23. The van der Waals surface area contributed by atoms with E-state index in [0.29, 0.717) is 25.4 Å². The molecule has 1 N–H and O–H groups in total. The first-order chi connectivity index (χ1) is 14.6. The van der Waals surface area contributed by atoms with Crippen LogP contribution in [0, 0.1) is 6.92 Å². The van der Waals surface area contributed by atoms with E-state index in [2.05, 4.69) is 17.3 Å². The molecule has 1 amide bonds. The number of carbonyl (C=O) groups is 1. The fourth-order valence-corrected chi connectivity index (χ4v) is 3.74. The van der Waals surface area contributed by atoms with Crippen LogP contribution in [0.5, 0.6) is 11.5 Å². The molecule has 2 heterocycles. The summed E-state index contributed by atoms with van der Waals surface area (Å²) in [6.07, 6.45) is 3.14. The van der Waals surface area contributed by atoms with Crippen LogP contribution in [0.4, 0.5) is 5.82 Å². The second-order valence-electron chi connectivity index (χ2n) is 7.49. The largest absolute Gasteiger partial charge is 0.490 e. The van der Waals surface area contributed by atoms with Gasteiger partial charge in [-0.15, -0.1) is 0 Å². The number of aryl methyl sites for hydroxylation is 1. The Morgan fingerprint density at radius 1 is 1.10 bits per heavy atom. The Hall–Kier alpha value is -3.28. The van der Waals surface area contributed by atoms with Crippen molar-refractivity contribution in [2.45, 2.75) is 39.5 Å². The molecule has 0 fully saturated rings. The first kappa shape index (κ1) is 20.0. The number of aromatic nitrogens is 2. The summed E-state index contributed by atoms with van der Waals surface area (Å²) in [5.41, 5.74) is 4.11. The highest BCUT2D eigenvalue weighted by Gasteiger charge is 2.31. The molecule has 3 aromatic rings. The summed E-state index contributed by atoms with van der Waals surface area (Å²) in [6.45, 7) is 7.26. The van der Waals surface area contributed by atoms with Gasteiger partial charge >= 0.3 is 0 Å². The lowest BCUT2D eigenvalue weighted by Gasteiger charge is -2.24. The summed E-state index contributed by atoms with van der Waals surface area (Å²) >= 11 is 0.